The molecule has 2 N–H and O–H groups in total. The van der Waals surface area contributed by atoms with Crippen LogP contribution in [0.5, 0.6) is 0 Å². The van der Waals surface area contributed by atoms with Crippen LogP contribution in [-0.4, -0.2) is 11.5 Å². The topological polar surface area (TPSA) is 38.9 Å². The predicted octanol–water partition coefficient (Wildman–Crippen LogP) is 2.84. The van der Waals surface area contributed by atoms with E-state index in [-0.39, 0.29) is 0 Å². The maximum Gasteiger partial charge on any atom is 0.0930 e. The average Bonchev–Trinajstić information content (AvgIpc) is 2.88. The fourth-order valence-electron chi connectivity index (χ4n) is 2.75. The van der Waals surface area contributed by atoms with E-state index in [9.17, 15) is 0 Å². The fourth-order valence-corrected chi connectivity index (χ4v) is 3.54. The lowest BCUT2D eigenvalue weighted by Gasteiger charge is -2.26. The Bertz CT molecular complexity index is 297. The Morgan fingerprint density at radius 3 is 3.07 bits per heavy atom. The molecular formula is C12H20N2S. The zero-order chi connectivity index (χ0) is 10.7. The van der Waals surface area contributed by atoms with Gasteiger partial charge in [-0.05, 0) is 37.1 Å². The molecule has 0 aliphatic heterocycles. The molecule has 1 aliphatic carbocycles. The van der Waals surface area contributed by atoms with Crippen LogP contribution in [-0.2, 0) is 6.42 Å². The van der Waals surface area contributed by atoms with Crippen LogP contribution in [0, 0.1) is 11.3 Å². The summed E-state index contributed by atoms with van der Waals surface area (Å²) in [6, 6.07) is 0. The van der Waals surface area contributed by atoms with Gasteiger partial charge >= 0.3 is 0 Å². The van der Waals surface area contributed by atoms with Gasteiger partial charge in [-0.2, -0.15) is 0 Å². The first-order chi connectivity index (χ1) is 7.28. The van der Waals surface area contributed by atoms with Gasteiger partial charge in [-0.3, -0.25) is 0 Å². The number of hydrogen-bond donors (Lipinski definition) is 1. The molecule has 3 heteroatoms. The average molecular weight is 224 g/mol. The Hall–Kier alpha value is -0.410. The summed E-state index contributed by atoms with van der Waals surface area (Å²) in [7, 11) is 0. The molecule has 0 spiro atoms. The summed E-state index contributed by atoms with van der Waals surface area (Å²) in [5.41, 5.74) is 6.34. The van der Waals surface area contributed by atoms with Gasteiger partial charge in [0.2, 0.25) is 0 Å². The zero-order valence-corrected chi connectivity index (χ0v) is 10.2. The molecule has 2 rings (SSSR count). The first-order valence-corrected chi connectivity index (χ1v) is 6.74. The van der Waals surface area contributed by atoms with Gasteiger partial charge in [0.1, 0.15) is 0 Å². The van der Waals surface area contributed by atoms with E-state index in [0.717, 1.165) is 18.9 Å². The highest BCUT2D eigenvalue weighted by atomic mass is 32.1. The van der Waals surface area contributed by atoms with Crippen molar-refractivity contribution in [3.63, 3.8) is 0 Å². The molecule has 1 aromatic rings. The second kappa shape index (κ2) is 4.62. The summed E-state index contributed by atoms with van der Waals surface area (Å²) in [6.07, 6.45) is 8.26. The van der Waals surface area contributed by atoms with Gasteiger partial charge in [0.25, 0.3) is 0 Å². The molecule has 2 nitrogen and oxygen atoms in total. The smallest absolute Gasteiger partial charge is 0.0930 e. The van der Waals surface area contributed by atoms with Crippen LogP contribution in [0.1, 0.15) is 37.6 Å². The molecule has 0 saturated heterocycles. The summed E-state index contributed by atoms with van der Waals surface area (Å²) < 4.78 is 0. The van der Waals surface area contributed by atoms with Crippen molar-refractivity contribution in [2.75, 3.05) is 6.54 Å². The molecule has 1 aliphatic rings. The molecule has 1 aromatic heterocycles. The van der Waals surface area contributed by atoms with Crippen LogP contribution in [0.25, 0.3) is 0 Å². The predicted molar refractivity (Wildman–Crippen MR) is 64.9 cm³/mol. The molecule has 1 saturated carbocycles. The highest BCUT2D eigenvalue weighted by Crippen LogP contribution is 2.44. The van der Waals surface area contributed by atoms with Crippen molar-refractivity contribution in [2.45, 2.75) is 39.0 Å². The maximum absolute atomic E-state index is 5.98. The van der Waals surface area contributed by atoms with E-state index < -0.39 is 0 Å². The van der Waals surface area contributed by atoms with Crippen molar-refractivity contribution < 1.29 is 0 Å². The van der Waals surface area contributed by atoms with Crippen LogP contribution in [0.4, 0.5) is 0 Å². The monoisotopic (exact) mass is 224 g/mol. The number of nitrogens with two attached hydrogens (primary N) is 1. The van der Waals surface area contributed by atoms with E-state index in [1.54, 1.807) is 11.3 Å². The summed E-state index contributed by atoms with van der Waals surface area (Å²) in [4.78, 5) is 4.39. The van der Waals surface area contributed by atoms with E-state index in [1.807, 2.05) is 6.20 Å². The molecule has 1 fully saturated rings. The Kier molecular flexibility index (Phi) is 3.42. The van der Waals surface area contributed by atoms with Crippen LogP contribution in [0.15, 0.2) is 11.6 Å². The van der Waals surface area contributed by atoms with Crippen molar-refractivity contribution in [1.29, 1.82) is 0 Å². The van der Waals surface area contributed by atoms with Crippen molar-refractivity contribution in [2.24, 2.45) is 17.1 Å². The number of thiazole rings is 1. The quantitative estimate of drug-likeness (QED) is 0.854. The van der Waals surface area contributed by atoms with Crippen LogP contribution in [0.2, 0.25) is 0 Å². The molecule has 15 heavy (non-hydrogen) atoms. The molecule has 84 valence electrons. The van der Waals surface area contributed by atoms with Crippen LogP contribution < -0.4 is 5.73 Å². The first kappa shape index (κ1) is 11.1. The summed E-state index contributed by atoms with van der Waals surface area (Å²) in [5, 5.41) is 3.32. The van der Waals surface area contributed by atoms with E-state index >= 15 is 0 Å². The second-order valence-electron chi connectivity index (χ2n) is 4.82. The van der Waals surface area contributed by atoms with E-state index in [4.69, 9.17) is 5.73 Å². The van der Waals surface area contributed by atoms with E-state index in [1.165, 1.54) is 30.7 Å². The zero-order valence-electron chi connectivity index (χ0n) is 9.41. The Morgan fingerprint density at radius 2 is 2.53 bits per heavy atom. The van der Waals surface area contributed by atoms with Gasteiger partial charge < -0.3 is 5.73 Å². The summed E-state index contributed by atoms with van der Waals surface area (Å²) in [6.45, 7) is 3.11. The second-order valence-corrected chi connectivity index (χ2v) is 5.80. The molecule has 2 atom stereocenters. The number of rotatable bonds is 4. The lowest BCUT2D eigenvalue weighted by atomic mass is 9.82. The maximum atomic E-state index is 5.98. The Labute approximate surface area is 95.9 Å². The fraction of sp³-hybridized carbons (Fsp3) is 0.750. The minimum Gasteiger partial charge on any atom is -0.330 e. The molecule has 0 amide bonds. The third-order valence-electron chi connectivity index (χ3n) is 3.82. The van der Waals surface area contributed by atoms with Gasteiger partial charge in [0.05, 0.1) is 5.01 Å². The van der Waals surface area contributed by atoms with E-state index in [2.05, 4.69) is 17.3 Å². The minimum absolute atomic E-state index is 0.360. The normalized spacial score (nSPS) is 30.9. The number of nitrogens with zero attached hydrogens (tertiary/aromatic N) is 1. The molecule has 0 aromatic carbocycles. The largest absolute Gasteiger partial charge is 0.330 e. The van der Waals surface area contributed by atoms with E-state index in [0.29, 0.717) is 5.41 Å². The Morgan fingerprint density at radius 1 is 1.67 bits per heavy atom. The Balaban J connectivity index is 2.03. The van der Waals surface area contributed by atoms with Crippen molar-refractivity contribution in [1.82, 2.24) is 4.98 Å². The molecular weight excluding hydrogens is 204 g/mol. The number of hydrogen-bond acceptors (Lipinski definition) is 3. The molecule has 2 unspecified atom stereocenters. The molecule has 0 bridgehead atoms. The van der Waals surface area contributed by atoms with Crippen molar-refractivity contribution in [3.8, 4) is 0 Å². The highest BCUT2D eigenvalue weighted by molar-refractivity contribution is 7.09. The van der Waals surface area contributed by atoms with Gasteiger partial charge in [0.15, 0.2) is 0 Å². The third-order valence-corrected chi connectivity index (χ3v) is 4.60. The third kappa shape index (κ3) is 2.40. The highest BCUT2D eigenvalue weighted by Gasteiger charge is 2.37. The SMILES string of the molecule is CCC1CCC(CN)(Cc2nccs2)C1. The first-order valence-electron chi connectivity index (χ1n) is 5.86. The van der Waals surface area contributed by atoms with Gasteiger partial charge in [-0.15, -0.1) is 11.3 Å². The minimum atomic E-state index is 0.360. The van der Waals surface area contributed by atoms with Gasteiger partial charge in [-0.1, -0.05) is 13.3 Å². The lowest BCUT2D eigenvalue weighted by Crippen LogP contribution is -2.30. The van der Waals surface area contributed by atoms with Crippen LogP contribution >= 0.6 is 11.3 Å². The summed E-state index contributed by atoms with van der Waals surface area (Å²) >= 11 is 1.77. The number of aromatic nitrogens is 1. The van der Waals surface area contributed by atoms with Crippen LogP contribution in [0.3, 0.4) is 0 Å². The van der Waals surface area contributed by atoms with Gasteiger partial charge in [-0.25, -0.2) is 4.98 Å². The van der Waals surface area contributed by atoms with Crippen molar-refractivity contribution in [3.05, 3.63) is 16.6 Å². The standard InChI is InChI=1S/C12H20N2S/c1-2-10-3-4-12(7-10,9-13)8-11-14-5-6-15-11/h5-6,10H,2-4,7-9,13H2,1H3. The molecule has 1 heterocycles. The van der Waals surface area contributed by atoms with Gasteiger partial charge in [0, 0.05) is 18.0 Å². The lowest BCUT2D eigenvalue weighted by molar-refractivity contribution is 0.290. The van der Waals surface area contributed by atoms with Crippen molar-refractivity contribution >= 4 is 11.3 Å². The molecule has 0 radical (unpaired) electrons. The summed E-state index contributed by atoms with van der Waals surface area (Å²) in [5.74, 6) is 0.897.